The summed E-state index contributed by atoms with van der Waals surface area (Å²) >= 11 is 1.56. The van der Waals surface area contributed by atoms with Crippen molar-refractivity contribution in [3.8, 4) is 0 Å². The molecule has 0 aromatic heterocycles. The first-order chi connectivity index (χ1) is 14.9. The normalized spacial score (nSPS) is 23.1. The van der Waals surface area contributed by atoms with E-state index in [2.05, 4.69) is 0 Å². The number of thioether (sulfide) groups is 1. The van der Waals surface area contributed by atoms with Crippen molar-refractivity contribution in [3.63, 3.8) is 0 Å². The predicted molar refractivity (Wildman–Crippen MR) is 120 cm³/mol. The van der Waals surface area contributed by atoms with Crippen LogP contribution < -0.4 is 0 Å². The Labute approximate surface area is 185 Å². The molecule has 2 aliphatic heterocycles. The lowest BCUT2D eigenvalue weighted by molar-refractivity contribution is -0.160. The average Bonchev–Trinajstić information content (AvgIpc) is 3.03. The van der Waals surface area contributed by atoms with E-state index >= 15 is 0 Å². The smallest absolute Gasteiger partial charge is 0.331 e. The number of hydrogen-bond donors (Lipinski definition) is 0. The Kier molecular flexibility index (Phi) is 5.83. The minimum Gasteiger partial charge on any atom is -0.451 e. The van der Waals surface area contributed by atoms with Crippen molar-refractivity contribution in [1.82, 2.24) is 4.90 Å². The zero-order valence-electron chi connectivity index (χ0n) is 17.3. The number of carbonyl (C=O) groups is 3. The van der Waals surface area contributed by atoms with Gasteiger partial charge >= 0.3 is 5.97 Å². The first-order valence-electron chi connectivity index (χ1n) is 10.1. The van der Waals surface area contributed by atoms with Gasteiger partial charge in [0, 0.05) is 10.3 Å². The monoisotopic (exact) mass is 433 g/mol. The number of allylic oxidation sites excluding steroid dienone is 3. The van der Waals surface area contributed by atoms with E-state index in [1.807, 2.05) is 74.5 Å². The number of hydrogen-bond acceptors (Lipinski definition) is 5. The number of amides is 1. The van der Waals surface area contributed by atoms with Gasteiger partial charge in [0.2, 0.25) is 0 Å². The van der Waals surface area contributed by atoms with Crippen molar-refractivity contribution in [2.24, 2.45) is 0 Å². The lowest BCUT2D eigenvalue weighted by Crippen LogP contribution is -2.58. The summed E-state index contributed by atoms with van der Waals surface area (Å²) in [6.45, 7) is 3.90. The van der Waals surface area contributed by atoms with Gasteiger partial charge in [0.05, 0.1) is 0 Å². The van der Waals surface area contributed by atoms with E-state index in [-0.39, 0.29) is 11.3 Å². The fraction of sp³-hybridized carbons (Fsp3) is 0.240. The maximum Gasteiger partial charge on any atom is 0.331 e. The van der Waals surface area contributed by atoms with Crippen LogP contribution in [0, 0.1) is 0 Å². The lowest BCUT2D eigenvalue weighted by atomic mass is 9.95. The summed E-state index contributed by atoms with van der Waals surface area (Å²) < 4.78 is 5.54. The molecule has 2 fully saturated rings. The molecule has 0 spiro atoms. The van der Waals surface area contributed by atoms with E-state index in [1.54, 1.807) is 28.8 Å². The van der Waals surface area contributed by atoms with Gasteiger partial charge in [-0.1, -0.05) is 72.8 Å². The third-order valence-corrected chi connectivity index (χ3v) is 7.01. The van der Waals surface area contributed by atoms with Gasteiger partial charge < -0.3 is 9.64 Å². The molecule has 2 aromatic carbocycles. The molecule has 2 aliphatic rings. The van der Waals surface area contributed by atoms with Crippen molar-refractivity contribution >= 4 is 29.9 Å². The predicted octanol–water partition coefficient (Wildman–Crippen LogP) is 4.06. The SMILES string of the molecule is CC1(C)SC2/C(=C/C=C/C=O)C(=O)N2C1C(=O)OC(c1ccccc1)c1ccccc1. The first kappa shape index (κ1) is 21.1. The third-order valence-electron chi connectivity index (χ3n) is 5.48. The second-order valence-electron chi connectivity index (χ2n) is 7.97. The average molecular weight is 434 g/mol. The van der Waals surface area contributed by atoms with Gasteiger partial charge in [-0.3, -0.25) is 9.59 Å². The van der Waals surface area contributed by atoms with E-state index in [0.717, 1.165) is 11.1 Å². The molecular weight excluding hydrogens is 410 g/mol. The molecular formula is C25H23NO4S. The topological polar surface area (TPSA) is 63.7 Å². The van der Waals surface area contributed by atoms with Gasteiger partial charge in [-0.2, -0.15) is 0 Å². The number of β-lactam (4-membered cyclic amide) rings is 1. The lowest BCUT2D eigenvalue weighted by Gasteiger charge is -2.39. The van der Waals surface area contributed by atoms with Crippen LogP contribution in [0.1, 0.15) is 31.1 Å². The van der Waals surface area contributed by atoms with E-state index < -0.39 is 22.9 Å². The number of ether oxygens (including phenoxy) is 1. The molecule has 4 rings (SSSR count). The highest BCUT2D eigenvalue weighted by atomic mass is 32.2. The number of aldehydes is 1. The van der Waals surface area contributed by atoms with Crippen LogP contribution in [-0.2, 0) is 19.1 Å². The minimum atomic E-state index is -0.697. The maximum absolute atomic E-state index is 13.4. The van der Waals surface area contributed by atoms with Crippen LogP contribution in [0.4, 0.5) is 0 Å². The fourth-order valence-corrected chi connectivity index (χ4v) is 5.58. The number of rotatable bonds is 6. The Morgan fingerprint density at radius 3 is 2.16 bits per heavy atom. The molecule has 2 aromatic rings. The van der Waals surface area contributed by atoms with Crippen molar-refractivity contribution in [1.29, 1.82) is 0 Å². The molecule has 0 N–H and O–H groups in total. The molecule has 158 valence electrons. The highest BCUT2D eigenvalue weighted by Crippen LogP contribution is 2.53. The molecule has 0 bridgehead atoms. The third kappa shape index (κ3) is 3.95. The molecule has 2 unspecified atom stereocenters. The Bertz CT molecular complexity index is 1010. The number of benzene rings is 2. The standard InChI is InChI=1S/C25H23NO4S/c1-25(2)21(26-22(28)19(23(26)31-25)15-9-10-16-27)24(29)30-20(17-11-5-3-6-12-17)18-13-7-4-8-14-18/h3-16,20-21,23H,1-2H3/b10-9+,19-15+. The largest absolute Gasteiger partial charge is 0.451 e. The van der Waals surface area contributed by atoms with Gasteiger partial charge in [0.15, 0.2) is 6.10 Å². The number of nitrogens with zero attached hydrogens (tertiary/aromatic N) is 1. The van der Waals surface area contributed by atoms with Gasteiger partial charge in [0.25, 0.3) is 5.91 Å². The Balaban J connectivity index is 1.61. The zero-order chi connectivity index (χ0) is 22.0. The molecule has 5 nitrogen and oxygen atoms in total. The maximum atomic E-state index is 13.4. The summed E-state index contributed by atoms with van der Waals surface area (Å²) in [4.78, 5) is 38.3. The van der Waals surface area contributed by atoms with Crippen LogP contribution in [0.15, 0.2) is 84.5 Å². The van der Waals surface area contributed by atoms with Crippen molar-refractivity contribution in [2.45, 2.75) is 36.1 Å². The molecule has 0 saturated carbocycles. The zero-order valence-corrected chi connectivity index (χ0v) is 18.1. The molecule has 31 heavy (non-hydrogen) atoms. The second kappa shape index (κ2) is 8.55. The van der Waals surface area contributed by atoms with Crippen molar-refractivity contribution in [3.05, 3.63) is 95.6 Å². The summed E-state index contributed by atoms with van der Waals surface area (Å²) in [6, 6.07) is 18.5. The van der Waals surface area contributed by atoms with E-state index in [9.17, 15) is 14.4 Å². The van der Waals surface area contributed by atoms with Crippen LogP contribution in [0.5, 0.6) is 0 Å². The van der Waals surface area contributed by atoms with Gasteiger partial charge in [-0.25, -0.2) is 4.79 Å². The molecule has 6 heteroatoms. The Morgan fingerprint density at radius 2 is 1.61 bits per heavy atom. The Hall–Kier alpha value is -3.12. The molecule has 2 heterocycles. The molecule has 2 saturated heterocycles. The minimum absolute atomic E-state index is 0.198. The fourth-order valence-electron chi connectivity index (χ4n) is 4.03. The summed E-state index contributed by atoms with van der Waals surface area (Å²) in [5, 5.41) is -0.219. The van der Waals surface area contributed by atoms with Crippen molar-refractivity contribution in [2.75, 3.05) is 0 Å². The van der Waals surface area contributed by atoms with Crippen molar-refractivity contribution < 1.29 is 19.1 Å². The van der Waals surface area contributed by atoms with Crippen LogP contribution in [0.25, 0.3) is 0 Å². The van der Waals surface area contributed by atoms with E-state index in [0.29, 0.717) is 11.9 Å². The van der Waals surface area contributed by atoms with Gasteiger partial charge in [-0.15, -0.1) is 11.8 Å². The molecule has 1 amide bonds. The first-order valence-corrected chi connectivity index (χ1v) is 10.9. The summed E-state index contributed by atoms with van der Waals surface area (Å²) in [7, 11) is 0. The van der Waals surface area contributed by atoms with Crippen LogP contribution in [-0.4, -0.2) is 39.2 Å². The molecule has 0 aliphatic carbocycles. The highest BCUT2D eigenvalue weighted by molar-refractivity contribution is 8.01. The summed E-state index contributed by atoms with van der Waals surface area (Å²) in [6.07, 6.45) is 4.64. The molecule has 0 radical (unpaired) electrons. The number of carbonyl (C=O) groups excluding carboxylic acids is 3. The van der Waals surface area contributed by atoms with Crippen LogP contribution in [0.3, 0.4) is 0 Å². The number of fused-ring (bicyclic) bond motifs is 1. The Morgan fingerprint density at radius 1 is 1.03 bits per heavy atom. The van der Waals surface area contributed by atoms with Gasteiger partial charge in [0.1, 0.15) is 17.7 Å². The van der Waals surface area contributed by atoms with Crippen LogP contribution >= 0.6 is 11.8 Å². The second-order valence-corrected chi connectivity index (χ2v) is 9.70. The van der Waals surface area contributed by atoms with E-state index in [4.69, 9.17) is 4.74 Å². The molecule has 2 atom stereocenters. The van der Waals surface area contributed by atoms with Crippen LogP contribution in [0.2, 0.25) is 0 Å². The summed E-state index contributed by atoms with van der Waals surface area (Å²) in [5.41, 5.74) is 2.34. The highest BCUT2D eigenvalue weighted by Gasteiger charge is 2.61. The van der Waals surface area contributed by atoms with Gasteiger partial charge in [-0.05, 0) is 31.1 Å². The summed E-state index contributed by atoms with van der Waals surface area (Å²) in [5.74, 6) is -0.620. The van der Waals surface area contributed by atoms with E-state index in [1.165, 1.54) is 6.08 Å². The number of esters is 1. The quantitative estimate of drug-likeness (QED) is 0.298.